The molecule has 4 rings (SSSR count). The first-order chi connectivity index (χ1) is 11.3. The summed E-state index contributed by atoms with van der Waals surface area (Å²) >= 11 is 0. The van der Waals surface area contributed by atoms with Gasteiger partial charge in [0, 0.05) is 44.0 Å². The average molecular weight is 304 g/mol. The maximum absolute atomic E-state index is 8.87. The highest BCUT2D eigenvalue weighted by atomic mass is 16.5. The van der Waals surface area contributed by atoms with Gasteiger partial charge in [0.25, 0.3) is 0 Å². The van der Waals surface area contributed by atoms with E-state index in [4.69, 9.17) is 10.00 Å². The molecule has 2 aromatic carbocycles. The summed E-state index contributed by atoms with van der Waals surface area (Å²) in [4.78, 5) is 2.40. The molecule has 0 radical (unpaired) electrons. The Morgan fingerprint density at radius 3 is 2.74 bits per heavy atom. The van der Waals surface area contributed by atoms with Crippen LogP contribution >= 0.6 is 0 Å². The molecule has 0 N–H and O–H groups in total. The number of fused-ring (bicyclic) bond motifs is 3. The van der Waals surface area contributed by atoms with Crippen LogP contribution in [0.3, 0.4) is 0 Å². The van der Waals surface area contributed by atoms with Crippen LogP contribution < -0.4 is 4.74 Å². The lowest BCUT2D eigenvalue weighted by Crippen LogP contribution is -2.49. The Morgan fingerprint density at radius 2 is 1.91 bits per heavy atom. The Labute approximate surface area is 137 Å². The first-order valence-corrected chi connectivity index (χ1v) is 8.26. The van der Waals surface area contributed by atoms with Crippen LogP contribution in [0.4, 0.5) is 0 Å². The number of hydrogen-bond donors (Lipinski definition) is 0. The van der Waals surface area contributed by atoms with Crippen molar-refractivity contribution >= 4 is 0 Å². The molecular formula is C20H20N2O. The third-order valence-electron chi connectivity index (χ3n) is 5.19. The summed E-state index contributed by atoms with van der Waals surface area (Å²) in [6.45, 7) is 2.77. The second kappa shape index (κ2) is 5.72. The largest absolute Gasteiger partial charge is 0.482 e. The molecule has 0 aliphatic carbocycles. The van der Waals surface area contributed by atoms with E-state index < -0.39 is 0 Å². The van der Waals surface area contributed by atoms with Gasteiger partial charge in [-0.05, 0) is 11.6 Å². The molecule has 2 atom stereocenters. The summed E-state index contributed by atoms with van der Waals surface area (Å²) in [6, 6.07) is 21.3. The molecule has 2 aliphatic rings. The third kappa shape index (κ3) is 2.31. The lowest BCUT2D eigenvalue weighted by atomic mass is 9.74. The number of para-hydroxylation sites is 1. The Morgan fingerprint density at radius 1 is 1.13 bits per heavy atom. The first-order valence-electron chi connectivity index (χ1n) is 8.26. The molecule has 2 aliphatic heterocycles. The Bertz CT molecular complexity index is 737. The van der Waals surface area contributed by atoms with Crippen LogP contribution in [-0.4, -0.2) is 24.5 Å². The van der Waals surface area contributed by atoms with E-state index in [1.165, 1.54) is 11.1 Å². The summed E-state index contributed by atoms with van der Waals surface area (Å²) in [5, 5.41) is 8.87. The standard InChI is InChI=1S/C20H20N2O/c21-12-6-13-22-14-11-20(16-7-2-1-3-8-16)18(15-22)17-9-4-5-10-19(17)23-20/h1-5,7-10,18H,6,11,13-15H2. The van der Waals surface area contributed by atoms with Gasteiger partial charge in [0.1, 0.15) is 11.4 Å². The van der Waals surface area contributed by atoms with E-state index in [0.29, 0.717) is 12.3 Å². The SMILES string of the molecule is N#CCCN1CCC2(c3ccccc3)Oc3ccccc3C2C1. The Kier molecular flexibility index (Phi) is 3.55. The molecule has 0 aromatic heterocycles. The van der Waals surface area contributed by atoms with Gasteiger partial charge < -0.3 is 9.64 Å². The zero-order chi connectivity index (χ0) is 15.7. The normalized spacial score (nSPS) is 26.0. The van der Waals surface area contributed by atoms with Crippen molar-refractivity contribution in [1.82, 2.24) is 4.90 Å². The number of ether oxygens (including phenoxy) is 1. The molecule has 0 saturated carbocycles. The molecule has 3 heteroatoms. The average Bonchev–Trinajstić information content (AvgIpc) is 2.96. The van der Waals surface area contributed by atoms with Crippen molar-refractivity contribution in [3.63, 3.8) is 0 Å². The number of rotatable bonds is 3. The minimum Gasteiger partial charge on any atom is -0.482 e. The first kappa shape index (κ1) is 14.3. The van der Waals surface area contributed by atoms with Crippen LogP contribution in [0.1, 0.15) is 29.9 Å². The Hall–Kier alpha value is -2.31. The molecule has 1 saturated heterocycles. The molecule has 2 unspecified atom stereocenters. The second-order valence-corrected chi connectivity index (χ2v) is 6.41. The summed E-state index contributed by atoms with van der Waals surface area (Å²) in [5.74, 6) is 1.34. The van der Waals surface area contributed by atoms with Gasteiger partial charge in [-0.15, -0.1) is 0 Å². The third-order valence-corrected chi connectivity index (χ3v) is 5.19. The number of benzene rings is 2. The van der Waals surface area contributed by atoms with Gasteiger partial charge in [0.15, 0.2) is 0 Å². The van der Waals surface area contributed by atoms with Crippen molar-refractivity contribution in [3.05, 3.63) is 65.7 Å². The minimum absolute atomic E-state index is 0.256. The fourth-order valence-corrected chi connectivity index (χ4v) is 4.06. The van der Waals surface area contributed by atoms with Gasteiger partial charge in [-0.25, -0.2) is 0 Å². The zero-order valence-corrected chi connectivity index (χ0v) is 13.1. The molecule has 0 amide bonds. The monoisotopic (exact) mass is 304 g/mol. The zero-order valence-electron chi connectivity index (χ0n) is 13.1. The minimum atomic E-state index is -0.256. The molecule has 23 heavy (non-hydrogen) atoms. The highest BCUT2D eigenvalue weighted by Gasteiger charge is 2.52. The van der Waals surface area contributed by atoms with Crippen molar-refractivity contribution in [2.24, 2.45) is 0 Å². The molecule has 2 aromatic rings. The van der Waals surface area contributed by atoms with Gasteiger partial charge >= 0.3 is 0 Å². The van der Waals surface area contributed by atoms with Crippen LogP contribution in [0.15, 0.2) is 54.6 Å². The number of likely N-dealkylation sites (tertiary alicyclic amines) is 1. The topological polar surface area (TPSA) is 36.3 Å². The summed E-state index contributed by atoms with van der Waals surface area (Å²) in [6.07, 6.45) is 1.55. The quantitative estimate of drug-likeness (QED) is 0.868. The fourth-order valence-electron chi connectivity index (χ4n) is 4.06. The van der Waals surface area contributed by atoms with Crippen molar-refractivity contribution in [2.75, 3.05) is 19.6 Å². The number of nitriles is 1. The highest BCUT2D eigenvalue weighted by molar-refractivity contribution is 5.47. The molecule has 0 bridgehead atoms. The molecule has 116 valence electrons. The highest BCUT2D eigenvalue weighted by Crippen LogP contribution is 2.54. The van der Waals surface area contributed by atoms with Gasteiger partial charge in [0.05, 0.1) is 6.07 Å². The van der Waals surface area contributed by atoms with Crippen molar-refractivity contribution in [1.29, 1.82) is 5.26 Å². The van der Waals surface area contributed by atoms with E-state index in [0.717, 1.165) is 31.8 Å². The Balaban J connectivity index is 1.73. The van der Waals surface area contributed by atoms with Crippen molar-refractivity contribution in [3.8, 4) is 11.8 Å². The summed E-state index contributed by atoms with van der Waals surface area (Å²) < 4.78 is 6.55. The number of piperidine rings is 1. The maximum atomic E-state index is 8.87. The van der Waals surface area contributed by atoms with Gasteiger partial charge in [0.2, 0.25) is 0 Å². The maximum Gasteiger partial charge on any atom is 0.143 e. The van der Waals surface area contributed by atoms with Gasteiger partial charge in [-0.2, -0.15) is 5.26 Å². The predicted octanol–water partition coefficient (Wildman–Crippen LogP) is 3.68. The van der Waals surface area contributed by atoms with Crippen molar-refractivity contribution in [2.45, 2.75) is 24.4 Å². The summed E-state index contributed by atoms with van der Waals surface area (Å²) in [7, 11) is 0. The molecular weight excluding hydrogens is 284 g/mol. The smallest absolute Gasteiger partial charge is 0.143 e. The lowest BCUT2D eigenvalue weighted by Gasteiger charge is -2.43. The molecule has 1 fully saturated rings. The summed E-state index contributed by atoms with van der Waals surface area (Å²) in [5.41, 5.74) is 2.31. The van der Waals surface area contributed by atoms with Crippen molar-refractivity contribution < 1.29 is 4.74 Å². The molecule has 0 spiro atoms. The van der Waals surface area contributed by atoms with E-state index in [1.807, 2.05) is 6.07 Å². The van der Waals surface area contributed by atoms with E-state index in [1.54, 1.807) is 0 Å². The van der Waals surface area contributed by atoms with Crippen LogP contribution in [0.5, 0.6) is 5.75 Å². The number of nitrogens with zero attached hydrogens (tertiary/aromatic N) is 2. The lowest BCUT2D eigenvalue weighted by molar-refractivity contribution is 0.000445. The van der Waals surface area contributed by atoms with Crippen LogP contribution in [0.25, 0.3) is 0 Å². The molecule has 3 nitrogen and oxygen atoms in total. The predicted molar refractivity (Wildman–Crippen MR) is 89.2 cm³/mol. The van der Waals surface area contributed by atoms with Gasteiger partial charge in [-0.1, -0.05) is 48.5 Å². The number of hydrogen-bond acceptors (Lipinski definition) is 3. The van der Waals surface area contributed by atoms with Crippen LogP contribution in [0, 0.1) is 11.3 Å². The second-order valence-electron chi connectivity index (χ2n) is 6.41. The van der Waals surface area contributed by atoms with E-state index in [2.05, 4.69) is 59.5 Å². The van der Waals surface area contributed by atoms with Gasteiger partial charge in [-0.3, -0.25) is 0 Å². The van der Waals surface area contributed by atoms with E-state index >= 15 is 0 Å². The molecule has 2 heterocycles. The van der Waals surface area contributed by atoms with Crippen LogP contribution in [-0.2, 0) is 5.60 Å². The van der Waals surface area contributed by atoms with E-state index in [-0.39, 0.29) is 5.60 Å². The fraction of sp³-hybridized carbons (Fsp3) is 0.350. The van der Waals surface area contributed by atoms with E-state index in [9.17, 15) is 0 Å². The van der Waals surface area contributed by atoms with Crippen LogP contribution in [0.2, 0.25) is 0 Å².